The molecule has 0 bridgehead atoms. The van der Waals surface area contributed by atoms with Crippen LogP contribution < -0.4 is 10.1 Å². The van der Waals surface area contributed by atoms with Crippen molar-refractivity contribution >= 4 is 23.2 Å². The molecule has 0 aromatic heterocycles. The highest BCUT2D eigenvalue weighted by molar-refractivity contribution is 6.00. The van der Waals surface area contributed by atoms with Gasteiger partial charge in [-0.05, 0) is 55.5 Å². The van der Waals surface area contributed by atoms with Crippen LogP contribution in [0.15, 0.2) is 48.5 Å². The molecule has 1 N–H and O–H groups in total. The quantitative estimate of drug-likeness (QED) is 0.696. The van der Waals surface area contributed by atoms with Crippen LogP contribution in [0.1, 0.15) is 54.8 Å². The van der Waals surface area contributed by atoms with Crippen molar-refractivity contribution < 1.29 is 19.1 Å². The van der Waals surface area contributed by atoms with Gasteiger partial charge in [0.25, 0.3) is 0 Å². The number of nitrogens with one attached hydrogen (secondary N) is 1. The first kappa shape index (κ1) is 20.4. The molecule has 2 aromatic rings. The van der Waals surface area contributed by atoms with Crippen LogP contribution in [-0.2, 0) is 4.79 Å². The number of ether oxygens (including phenoxy) is 1. The molecule has 27 heavy (non-hydrogen) atoms. The maximum absolute atomic E-state index is 12.5. The van der Waals surface area contributed by atoms with Gasteiger partial charge in [0.15, 0.2) is 11.9 Å². The third kappa shape index (κ3) is 5.51. The summed E-state index contributed by atoms with van der Waals surface area (Å²) in [7, 11) is 0. The maximum atomic E-state index is 12.5. The number of benzene rings is 2. The van der Waals surface area contributed by atoms with Gasteiger partial charge in [-0.25, -0.2) is 0 Å². The number of carbonyl (C=O) groups excluding carboxylic acids is 3. The summed E-state index contributed by atoms with van der Waals surface area (Å²) in [5.74, 6) is 0.250. The maximum Gasteiger partial charge on any atom is 0.226 e. The second kappa shape index (κ2) is 9.12. The van der Waals surface area contributed by atoms with Gasteiger partial charge < -0.3 is 10.1 Å². The Bertz CT molecular complexity index is 807. The molecule has 0 saturated heterocycles. The van der Waals surface area contributed by atoms with Gasteiger partial charge in [0.05, 0.1) is 0 Å². The predicted molar refractivity (Wildman–Crippen MR) is 105 cm³/mol. The van der Waals surface area contributed by atoms with E-state index in [1.807, 2.05) is 20.8 Å². The standard InChI is InChI=1S/C22H25NO4/c1-5-20(24)16-8-12-19(13-9-16)27-15(4)21(25)17-6-10-18(11-7-17)23-22(26)14(2)3/h6-15H,5H2,1-4H3,(H,23,26)/t15-/m1/s1. The number of carbonyl (C=O) groups is 3. The lowest BCUT2D eigenvalue weighted by Gasteiger charge is -2.14. The van der Waals surface area contributed by atoms with E-state index < -0.39 is 6.10 Å². The lowest BCUT2D eigenvalue weighted by atomic mass is 10.1. The van der Waals surface area contributed by atoms with Crippen LogP contribution in [0.4, 0.5) is 5.69 Å². The summed E-state index contributed by atoms with van der Waals surface area (Å²) >= 11 is 0. The van der Waals surface area contributed by atoms with Crippen molar-refractivity contribution in [1.29, 1.82) is 0 Å². The molecule has 2 rings (SSSR count). The number of anilines is 1. The second-order valence-electron chi connectivity index (χ2n) is 6.65. The fraction of sp³-hybridized carbons (Fsp3) is 0.318. The first-order valence-electron chi connectivity index (χ1n) is 9.06. The van der Waals surface area contributed by atoms with Crippen LogP contribution in [0.3, 0.4) is 0 Å². The van der Waals surface area contributed by atoms with Gasteiger partial charge in [-0.15, -0.1) is 0 Å². The van der Waals surface area contributed by atoms with Crippen molar-refractivity contribution in [1.82, 2.24) is 0 Å². The van der Waals surface area contributed by atoms with Crippen molar-refractivity contribution in [3.8, 4) is 5.75 Å². The van der Waals surface area contributed by atoms with E-state index in [9.17, 15) is 14.4 Å². The zero-order chi connectivity index (χ0) is 20.0. The van der Waals surface area contributed by atoms with E-state index in [0.717, 1.165) is 0 Å². The average Bonchev–Trinajstić information content (AvgIpc) is 2.67. The van der Waals surface area contributed by atoms with E-state index in [2.05, 4.69) is 5.32 Å². The van der Waals surface area contributed by atoms with E-state index in [4.69, 9.17) is 4.74 Å². The Morgan fingerprint density at radius 3 is 1.96 bits per heavy atom. The Labute approximate surface area is 159 Å². The molecule has 2 aromatic carbocycles. The van der Waals surface area contributed by atoms with Gasteiger partial charge >= 0.3 is 0 Å². The van der Waals surface area contributed by atoms with E-state index >= 15 is 0 Å². The Kier molecular flexibility index (Phi) is 6.88. The highest BCUT2D eigenvalue weighted by atomic mass is 16.5. The predicted octanol–water partition coefficient (Wildman–Crippen LogP) is 4.52. The van der Waals surface area contributed by atoms with Crippen LogP contribution in [0.25, 0.3) is 0 Å². The summed E-state index contributed by atoms with van der Waals surface area (Å²) in [6.07, 6.45) is -0.225. The molecule has 0 radical (unpaired) electrons. The fourth-order valence-corrected chi connectivity index (χ4v) is 2.42. The number of rotatable bonds is 8. The van der Waals surface area contributed by atoms with Crippen LogP contribution in [0, 0.1) is 5.92 Å². The molecular weight excluding hydrogens is 342 g/mol. The number of hydrogen-bond acceptors (Lipinski definition) is 4. The lowest BCUT2D eigenvalue weighted by Crippen LogP contribution is -2.24. The fourth-order valence-electron chi connectivity index (χ4n) is 2.42. The highest BCUT2D eigenvalue weighted by Gasteiger charge is 2.17. The van der Waals surface area contributed by atoms with Crippen molar-refractivity contribution in [2.24, 2.45) is 5.92 Å². The summed E-state index contributed by atoms with van der Waals surface area (Å²) in [6.45, 7) is 7.13. The molecule has 0 spiro atoms. The second-order valence-corrected chi connectivity index (χ2v) is 6.65. The molecule has 0 aliphatic heterocycles. The molecule has 0 fully saturated rings. The largest absolute Gasteiger partial charge is 0.483 e. The number of ketones is 2. The Balaban J connectivity index is 2.00. The zero-order valence-corrected chi connectivity index (χ0v) is 16.1. The van der Waals surface area contributed by atoms with Gasteiger partial charge in [-0.2, -0.15) is 0 Å². The smallest absolute Gasteiger partial charge is 0.226 e. The molecule has 0 aliphatic carbocycles. The van der Waals surface area contributed by atoms with Crippen LogP contribution >= 0.6 is 0 Å². The molecular formula is C22H25NO4. The van der Waals surface area contributed by atoms with Crippen LogP contribution in [0.5, 0.6) is 5.75 Å². The van der Waals surface area contributed by atoms with Gasteiger partial charge in [0.2, 0.25) is 11.7 Å². The SMILES string of the molecule is CCC(=O)c1ccc(O[C@H](C)C(=O)c2ccc(NC(=O)C(C)C)cc2)cc1. The van der Waals surface area contributed by atoms with Crippen LogP contribution in [0.2, 0.25) is 0 Å². The first-order valence-corrected chi connectivity index (χ1v) is 9.06. The summed E-state index contributed by atoms with van der Waals surface area (Å²) in [4.78, 5) is 35.9. The normalized spacial score (nSPS) is 11.7. The average molecular weight is 367 g/mol. The molecule has 1 atom stereocenters. The van der Waals surface area contributed by atoms with E-state index in [-0.39, 0.29) is 23.4 Å². The Morgan fingerprint density at radius 1 is 0.889 bits per heavy atom. The topological polar surface area (TPSA) is 72.5 Å². The van der Waals surface area contributed by atoms with Crippen molar-refractivity contribution in [3.63, 3.8) is 0 Å². The van der Waals surface area contributed by atoms with Crippen molar-refractivity contribution in [2.75, 3.05) is 5.32 Å². The van der Waals surface area contributed by atoms with Gasteiger partial charge in [-0.3, -0.25) is 14.4 Å². The summed E-state index contributed by atoms with van der Waals surface area (Å²) in [5, 5.41) is 2.79. The zero-order valence-electron chi connectivity index (χ0n) is 16.1. The third-order valence-corrected chi connectivity index (χ3v) is 4.14. The number of Topliss-reactive ketones (excluding diaryl/α,β-unsaturated/α-hetero) is 2. The Morgan fingerprint density at radius 2 is 1.44 bits per heavy atom. The minimum absolute atomic E-state index is 0.0651. The summed E-state index contributed by atoms with van der Waals surface area (Å²) < 4.78 is 5.69. The first-order chi connectivity index (χ1) is 12.8. The lowest BCUT2D eigenvalue weighted by molar-refractivity contribution is -0.118. The molecule has 1 amide bonds. The van der Waals surface area contributed by atoms with Crippen molar-refractivity contribution in [2.45, 2.75) is 40.2 Å². The van der Waals surface area contributed by atoms with Crippen LogP contribution in [-0.4, -0.2) is 23.6 Å². The van der Waals surface area contributed by atoms with E-state index in [1.165, 1.54) is 0 Å². The summed E-state index contributed by atoms with van der Waals surface area (Å²) in [6, 6.07) is 13.5. The van der Waals surface area contributed by atoms with Gasteiger partial charge in [0.1, 0.15) is 5.75 Å². The molecule has 5 heteroatoms. The van der Waals surface area contributed by atoms with E-state index in [1.54, 1.807) is 55.5 Å². The molecule has 0 unspecified atom stereocenters. The molecule has 5 nitrogen and oxygen atoms in total. The monoisotopic (exact) mass is 367 g/mol. The molecule has 0 heterocycles. The number of hydrogen-bond donors (Lipinski definition) is 1. The third-order valence-electron chi connectivity index (χ3n) is 4.14. The highest BCUT2D eigenvalue weighted by Crippen LogP contribution is 2.18. The van der Waals surface area contributed by atoms with Gasteiger partial charge in [0, 0.05) is 29.2 Å². The molecule has 0 saturated carbocycles. The minimum atomic E-state index is -0.672. The van der Waals surface area contributed by atoms with E-state index in [0.29, 0.717) is 29.0 Å². The molecule has 0 aliphatic rings. The van der Waals surface area contributed by atoms with Crippen molar-refractivity contribution in [3.05, 3.63) is 59.7 Å². The summed E-state index contributed by atoms with van der Waals surface area (Å²) in [5.41, 5.74) is 1.78. The Hall–Kier alpha value is -2.95. The number of amides is 1. The minimum Gasteiger partial charge on any atom is -0.483 e. The van der Waals surface area contributed by atoms with Gasteiger partial charge in [-0.1, -0.05) is 20.8 Å². The molecule has 142 valence electrons.